The minimum Gasteiger partial charge on any atom is -0.479 e. The Morgan fingerprint density at radius 2 is 1.93 bits per heavy atom. The normalized spacial score (nSPS) is 11.0. The minimum absolute atomic E-state index is 0.266. The average molecular weight is 378 g/mol. The highest BCUT2D eigenvalue weighted by atomic mass is 16.5. The molecule has 1 aromatic carbocycles. The Balaban J connectivity index is 1.83. The number of imidazole rings is 1. The van der Waals surface area contributed by atoms with Crippen molar-refractivity contribution in [2.24, 2.45) is 7.05 Å². The second kappa shape index (κ2) is 7.10. The van der Waals surface area contributed by atoms with E-state index < -0.39 is 5.97 Å². The number of ether oxygens (including phenoxy) is 2. The van der Waals surface area contributed by atoms with Crippen LogP contribution in [0.25, 0.3) is 28.5 Å². The Bertz CT molecular complexity index is 1150. The number of aryl methyl sites for hydroxylation is 1. The van der Waals surface area contributed by atoms with Gasteiger partial charge in [0, 0.05) is 18.8 Å². The third-order valence-corrected chi connectivity index (χ3v) is 4.20. The largest absolute Gasteiger partial charge is 0.479 e. The van der Waals surface area contributed by atoms with Crippen molar-refractivity contribution in [3.05, 3.63) is 48.3 Å². The number of carbonyl (C=O) groups excluding carboxylic acids is 1. The Morgan fingerprint density at radius 3 is 2.64 bits per heavy atom. The van der Waals surface area contributed by atoms with Crippen molar-refractivity contribution in [3.8, 4) is 23.2 Å². The summed E-state index contributed by atoms with van der Waals surface area (Å²) < 4.78 is 13.7. The third-order valence-electron chi connectivity index (χ3n) is 4.20. The van der Waals surface area contributed by atoms with E-state index in [-0.39, 0.29) is 12.6 Å². The maximum Gasteiger partial charge on any atom is 0.341 e. The van der Waals surface area contributed by atoms with Crippen LogP contribution in [-0.2, 0) is 11.8 Å². The van der Waals surface area contributed by atoms with Crippen molar-refractivity contribution >= 4 is 17.1 Å². The first-order valence-corrected chi connectivity index (χ1v) is 8.68. The Morgan fingerprint density at radius 1 is 1.14 bits per heavy atom. The lowest BCUT2D eigenvalue weighted by Gasteiger charge is -2.05. The predicted octanol–water partition coefficient (Wildman–Crippen LogP) is 2.40. The van der Waals surface area contributed by atoms with E-state index in [1.54, 1.807) is 6.92 Å². The molecule has 0 aliphatic rings. The Kier molecular flexibility index (Phi) is 4.48. The van der Waals surface area contributed by atoms with Crippen molar-refractivity contribution in [2.75, 3.05) is 13.7 Å². The molecule has 28 heavy (non-hydrogen) atoms. The van der Waals surface area contributed by atoms with E-state index in [0.717, 1.165) is 11.4 Å². The first-order valence-electron chi connectivity index (χ1n) is 8.68. The van der Waals surface area contributed by atoms with E-state index in [4.69, 9.17) is 9.47 Å². The maximum absolute atomic E-state index is 11.9. The van der Waals surface area contributed by atoms with Gasteiger partial charge in [0.1, 0.15) is 5.82 Å². The van der Waals surface area contributed by atoms with Crippen LogP contribution >= 0.6 is 0 Å². The van der Waals surface area contributed by atoms with Gasteiger partial charge in [0.25, 0.3) is 5.95 Å². The van der Waals surface area contributed by atoms with Crippen molar-refractivity contribution in [3.63, 3.8) is 0 Å². The highest BCUT2D eigenvalue weighted by Gasteiger charge is 2.19. The summed E-state index contributed by atoms with van der Waals surface area (Å²) in [6.45, 7) is 2.04. The van der Waals surface area contributed by atoms with Crippen LogP contribution in [-0.4, -0.2) is 49.0 Å². The molecular formula is C19H18N6O3. The molecule has 0 aliphatic carbocycles. The Hall–Kier alpha value is -3.75. The zero-order chi connectivity index (χ0) is 19.7. The fraction of sp³-hybridized carbons (Fsp3) is 0.211. The molecule has 0 saturated carbocycles. The molecule has 0 saturated heterocycles. The number of esters is 1. The molecule has 0 fully saturated rings. The van der Waals surface area contributed by atoms with E-state index in [9.17, 15) is 4.79 Å². The van der Waals surface area contributed by atoms with Crippen molar-refractivity contribution < 1.29 is 14.3 Å². The summed E-state index contributed by atoms with van der Waals surface area (Å²) in [5, 5.41) is 4.17. The van der Waals surface area contributed by atoms with Crippen LogP contribution in [0.5, 0.6) is 5.88 Å². The first-order chi connectivity index (χ1) is 13.6. The van der Waals surface area contributed by atoms with E-state index in [1.807, 2.05) is 41.9 Å². The fourth-order valence-electron chi connectivity index (χ4n) is 2.87. The lowest BCUT2D eigenvalue weighted by Crippen LogP contribution is -2.06. The summed E-state index contributed by atoms with van der Waals surface area (Å²) in [6, 6.07) is 9.79. The number of hydrogen-bond acceptors (Lipinski definition) is 7. The monoisotopic (exact) mass is 378 g/mol. The molecule has 0 radical (unpaired) electrons. The fourth-order valence-corrected chi connectivity index (χ4v) is 2.87. The van der Waals surface area contributed by atoms with Gasteiger partial charge in [-0.05, 0) is 6.92 Å². The van der Waals surface area contributed by atoms with Gasteiger partial charge in [-0.2, -0.15) is 15.1 Å². The summed E-state index contributed by atoms with van der Waals surface area (Å²) in [6.07, 6.45) is 2.93. The van der Waals surface area contributed by atoms with Crippen LogP contribution in [0.4, 0.5) is 0 Å². The second-order valence-corrected chi connectivity index (χ2v) is 5.96. The molecule has 3 aromatic heterocycles. The van der Waals surface area contributed by atoms with Crippen LogP contribution in [0.15, 0.2) is 42.7 Å². The molecule has 0 atom stereocenters. The van der Waals surface area contributed by atoms with Gasteiger partial charge >= 0.3 is 5.97 Å². The molecule has 3 heterocycles. The molecular weight excluding hydrogens is 360 g/mol. The highest BCUT2D eigenvalue weighted by molar-refractivity contribution is 5.89. The molecule has 142 valence electrons. The lowest BCUT2D eigenvalue weighted by molar-refractivity contribution is 0.0526. The van der Waals surface area contributed by atoms with Gasteiger partial charge < -0.3 is 14.0 Å². The van der Waals surface area contributed by atoms with E-state index in [2.05, 4.69) is 20.1 Å². The molecule has 4 aromatic rings. The van der Waals surface area contributed by atoms with E-state index in [0.29, 0.717) is 22.6 Å². The van der Waals surface area contributed by atoms with Gasteiger partial charge in [-0.1, -0.05) is 30.3 Å². The number of carbonyl (C=O) groups is 1. The number of nitrogens with zero attached hydrogens (tertiary/aromatic N) is 6. The molecule has 0 amide bonds. The van der Waals surface area contributed by atoms with Gasteiger partial charge in [0.15, 0.2) is 11.2 Å². The molecule has 0 N–H and O–H groups in total. The number of aromatic nitrogens is 6. The van der Waals surface area contributed by atoms with Crippen LogP contribution in [0.3, 0.4) is 0 Å². The van der Waals surface area contributed by atoms with Crippen molar-refractivity contribution in [2.45, 2.75) is 6.92 Å². The van der Waals surface area contributed by atoms with Gasteiger partial charge in [-0.25, -0.2) is 14.5 Å². The summed E-state index contributed by atoms with van der Waals surface area (Å²) in [5.41, 5.74) is 2.41. The summed E-state index contributed by atoms with van der Waals surface area (Å²) in [5.74, 6) is 0.884. The van der Waals surface area contributed by atoms with Crippen molar-refractivity contribution in [1.82, 2.24) is 29.3 Å². The topological polar surface area (TPSA) is 97.0 Å². The molecule has 0 bridgehead atoms. The van der Waals surface area contributed by atoms with Gasteiger partial charge in [-0.15, -0.1) is 0 Å². The quantitative estimate of drug-likeness (QED) is 0.492. The van der Waals surface area contributed by atoms with Gasteiger partial charge in [0.05, 0.1) is 25.5 Å². The van der Waals surface area contributed by atoms with Gasteiger partial charge in [0.2, 0.25) is 5.88 Å². The SMILES string of the molecule is CCOC(=O)c1cnn(-c2nc(OC)c3nc(-c4ccccc4)n(C)c3n2)c1. The number of hydrogen-bond donors (Lipinski definition) is 0. The third kappa shape index (κ3) is 2.96. The number of fused-ring (bicyclic) bond motifs is 1. The number of methoxy groups -OCH3 is 1. The molecule has 9 heteroatoms. The standard InChI is InChI=1S/C19H18N6O3/c1-4-28-18(26)13-10-20-25(11-13)19-22-16-14(17(23-19)27-3)21-15(24(16)2)12-8-6-5-7-9-12/h5-11H,4H2,1-3H3. The summed E-state index contributed by atoms with van der Waals surface area (Å²) in [4.78, 5) is 25.5. The van der Waals surface area contributed by atoms with Gasteiger partial charge in [-0.3, -0.25) is 0 Å². The van der Waals surface area contributed by atoms with E-state index in [1.165, 1.54) is 24.2 Å². The maximum atomic E-state index is 11.9. The molecule has 9 nitrogen and oxygen atoms in total. The zero-order valence-corrected chi connectivity index (χ0v) is 15.7. The summed E-state index contributed by atoms with van der Waals surface area (Å²) in [7, 11) is 3.40. The smallest absolute Gasteiger partial charge is 0.341 e. The molecule has 0 spiro atoms. The Labute approximate surface area is 160 Å². The second-order valence-electron chi connectivity index (χ2n) is 5.96. The minimum atomic E-state index is -0.450. The highest BCUT2D eigenvalue weighted by Crippen LogP contribution is 2.28. The van der Waals surface area contributed by atoms with Crippen molar-refractivity contribution in [1.29, 1.82) is 0 Å². The lowest BCUT2D eigenvalue weighted by atomic mass is 10.2. The molecule has 0 unspecified atom stereocenters. The van der Waals surface area contributed by atoms with Crippen LogP contribution in [0.1, 0.15) is 17.3 Å². The zero-order valence-electron chi connectivity index (χ0n) is 15.7. The van der Waals surface area contributed by atoms with Crippen LogP contribution in [0.2, 0.25) is 0 Å². The number of benzene rings is 1. The predicted molar refractivity (Wildman–Crippen MR) is 101 cm³/mol. The number of rotatable bonds is 5. The van der Waals surface area contributed by atoms with E-state index >= 15 is 0 Å². The van der Waals surface area contributed by atoms with Crippen LogP contribution < -0.4 is 4.74 Å². The molecule has 0 aliphatic heterocycles. The first kappa shape index (κ1) is 17.7. The van der Waals surface area contributed by atoms with Crippen LogP contribution in [0, 0.1) is 0 Å². The molecule has 4 rings (SSSR count). The average Bonchev–Trinajstić information content (AvgIpc) is 3.34. The summed E-state index contributed by atoms with van der Waals surface area (Å²) >= 11 is 0.